The number of anilines is 1. The summed E-state index contributed by atoms with van der Waals surface area (Å²) in [5, 5.41) is 6.81. The molecule has 1 aliphatic carbocycles. The van der Waals surface area contributed by atoms with Crippen molar-refractivity contribution in [1.82, 2.24) is 4.98 Å². The maximum Gasteiger partial charge on any atom is 0.230 e. The van der Waals surface area contributed by atoms with Gasteiger partial charge in [0.25, 0.3) is 0 Å². The Bertz CT molecular complexity index is 1230. The number of aromatic nitrogens is 1. The van der Waals surface area contributed by atoms with E-state index < -0.39 is 0 Å². The van der Waals surface area contributed by atoms with Gasteiger partial charge >= 0.3 is 0 Å². The number of fused-ring (bicyclic) bond motifs is 2. The van der Waals surface area contributed by atoms with E-state index in [1.165, 1.54) is 26.8 Å². The van der Waals surface area contributed by atoms with Crippen molar-refractivity contribution >= 4 is 55.1 Å². The monoisotopic (exact) mass is 418 g/mol. The molecule has 0 radical (unpaired) electrons. The van der Waals surface area contributed by atoms with Gasteiger partial charge in [-0.3, -0.25) is 4.79 Å². The highest BCUT2D eigenvalue weighted by atomic mass is 32.2. The van der Waals surface area contributed by atoms with E-state index >= 15 is 0 Å². The predicted octanol–water partition coefficient (Wildman–Crippen LogP) is 6.23. The molecular weight excluding hydrogens is 396 g/mol. The number of carbonyl (C=O) groups excluding carboxylic acids is 1. The molecule has 29 heavy (non-hydrogen) atoms. The zero-order chi connectivity index (χ0) is 20.0. The van der Waals surface area contributed by atoms with Gasteiger partial charge in [-0.05, 0) is 53.1 Å². The predicted molar refractivity (Wildman–Crippen MR) is 124 cm³/mol. The molecule has 1 heterocycles. The molecule has 0 aliphatic heterocycles. The number of amides is 1. The van der Waals surface area contributed by atoms with Crippen molar-refractivity contribution in [2.24, 2.45) is 0 Å². The molecule has 5 rings (SSSR count). The zero-order valence-electron chi connectivity index (χ0n) is 16.5. The van der Waals surface area contributed by atoms with Crippen LogP contribution in [0.2, 0.25) is 0 Å². The molecule has 3 nitrogen and oxygen atoms in total. The number of rotatable bonds is 5. The number of benzene rings is 3. The molecule has 0 saturated heterocycles. The summed E-state index contributed by atoms with van der Waals surface area (Å²) in [5.74, 6) is -0.0226. The molecular formula is C24H22N2OS2. The smallest absolute Gasteiger partial charge is 0.230 e. The Kier molecular flexibility index (Phi) is 4.80. The summed E-state index contributed by atoms with van der Waals surface area (Å²) in [7, 11) is 0. The van der Waals surface area contributed by atoms with Crippen LogP contribution in [0.5, 0.6) is 0 Å². The lowest BCUT2D eigenvalue weighted by Gasteiger charge is -2.06. The molecule has 0 saturated carbocycles. The highest BCUT2D eigenvalue weighted by Crippen LogP contribution is 2.39. The lowest BCUT2D eigenvalue weighted by Crippen LogP contribution is -2.14. The number of aryl methyl sites for hydroxylation is 2. The summed E-state index contributed by atoms with van der Waals surface area (Å²) in [6.07, 6.45) is 2.57. The van der Waals surface area contributed by atoms with Crippen LogP contribution in [0.15, 0.2) is 53.4 Å². The molecule has 0 bridgehead atoms. The molecule has 4 aromatic rings. The van der Waals surface area contributed by atoms with E-state index in [1.54, 1.807) is 11.3 Å². The van der Waals surface area contributed by atoms with Crippen LogP contribution in [0, 0.1) is 0 Å². The quantitative estimate of drug-likeness (QED) is 0.391. The van der Waals surface area contributed by atoms with Crippen LogP contribution in [-0.4, -0.2) is 16.1 Å². The minimum atomic E-state index is -0.0226. The van der Waals surface area contributed by atoms with Crippen molar-refractivity contribution in [2.45, 2.75) is 43.3 Å². The van der Waals surface area contributed by atoms with Gasteiger partial charge in [0, 0.05) is 15.5 Å². The number of nitrogens with one attached hydrogen (secondary N) is 1. The molecule has 5 heteroatoms. The molecule has 1 aliphatic rings. The van der Waals surface area contributed by atoms with E-state index in [9.17, 15) is 4.79 Å². The Balaban J connectivity index is 1.36. The van der Waals surface area contributed by atoms with E-state index in [4.69, 9.17) is 4.98 Å². The molecule has 3 aromatic carbocycles. The van der Waals surface area contributed by atoms with Crippen LogP contribution < -0.4 is 5.32 Å². The number of hydrogen-bond acceptors (Lipinski definition) is 4. The highest BCUT2D eigenvalue weighted by Gasteiger charge is 2.19. The fourth-order valence-electron chi connectivity index (χ4n) is 4.07. The van der Waals surface area contributed by atoms with Crippen molar-refractivity contribution in [3.8, 4) is 0 Å². The summed E-state index contributed by atoms with van der Waals surface area (Å²) in [4.78, 5) is 18.6. The van der Waals surface area contributed by atoms with E-state index in [0.717, 1.165) is 28.6 Å². The molecule has 0 spiro atoms. The normalized spacial score (nSPS) is 12.9. The highest BCUT2D eigenvalue weighted by molar-refractivity contribution is 7.99. The Morgan fingerprint density at radius 2 is 1.93 bits per heavy atom. The van der Waals surface area contributed by atoms with Crippen molar-refractivity contribution in [1.29, 1.82) is 0 Å². The Morgan fingerprint density at radius 3 is 2.72 bits per heavy atom. The van der Waals surface area contributed by atoms with Gasteiger partial charge in [0.2, 0.25) is 5.91 Å². The van der Waals surface area contributed by atoms with E-state index in [0.29, 0.717) is 16.8 Å². The van der Waals surface area contributed by atoms with Crippen molar-refractivity contribution < 1.29 is 4.79 Å². The van der Waals surface area contributed by atoms with Gasteiger partial charge in [-0.25, -0.2) is 4.98 Å². The first-order valence-corrected chi connectivity index (χ1v) is 11.7. The minimum Gasteiger partial charge on any atom is -0.302 e. The Hall–Kier alpha value is -2.37. The summed E-state index contributed by atoms with van der Waals surface area (Å²) in [6, 6.07) is 17.0. The van der Waals surface area contributed by atoms with Crippen LogP contribution in [0.1, 0.15) is 30.5 Å². The van der Waals surface area contributed by atoms with Gasteiger partial charge in [-0.15, -0.1) is 11.8 Å². The van der Waals surface area contributed by atoms with Gasteiger partial charge in [0.05, 0.1) is 16.6 Å². The molecule has 1 amide bonds. The fourth-order valence-corrected chi connectivity index (χ4v) is 5.87. The van der Waals surface area contributed by atoms with Crippen LogP contribution in [-0.2, 0) is 24.1 Å². The Morgan fingerprint density at radius 1 is 1.14 bits per heavy atom. The van der Waals surface area contributed by atoms with Gasteiger partial charge < -0.3 is 5.32 Å². The molecule has 0 fully saturated rings. The lowest BCUT2D eigenvalue weighted by molar-refractivity contribution is -0.115. The summed E-state index contributed by atoms with van der Waals surface area (Å²) in [6.45, 7) is 4.36. The Labute approximate surface area is 178 Å². The second-order valence-electron chi connectivity index (χ2n) is 7.78. The number of thioether (sulfide) groups is 1. The fraction of sp³-hybridized carbons (Fsp3) is 0.250. The van der Waals surface area contributed by atoms with Gasteiger partial charge in [-0.1, -0.05) is 55.5 Å². The summed E-state index contributed by atoms with van der Waals surface area (Å²) >= 11 is 3.40. The first kappa shape index (κ1) is 18.6. The maximum absolute atomic E-state index is 12.6. The van der Waals surface area contributed by atoms with Crippen molar-refractivity contribution in [3.63, 3.8) is 0 Å². The molecule has 0 atom stereocenters. The lowest BCUT2D eigenvalue weighted by atomic mass is 10.0. The average Bonchev–Trinajstić information content (AvgIpc) is 3.28. The number of carbonyl (C=O) groups is 1. The minimum absolute atomic E-state index is 0.0226. The van der Waals surface area contributed by atoms with Gasteiger partial charge in [-0.2, -0.15) is 0 Å². The van der Waals surface area contributed by atoms with Crippen LogP contribution in [0.4, 0.5) is 5.13 Å². The zero-order valence-corrected chi connectivity index (χ0v) is 18.1. The first-order valence-electron chi connectivity index (χ1n) is 9.96. The van der Waals surface area contributed by atoms with E-state index in [1.807, 2.05) is 23.9 Å². The third-order valence-electron chi connectivity index (χ3n) is 5.26. The topological polar surface area (TPSA) is 42.0 Å². The number of nitrogens with zero attached hydrogens (tertiary/aromatic N) is 1. The molecule has 1 aromatic heterocycles. The van der Waals surface area contributed by atoms with E-state index in [-0.39, 0.29) is 5.91 Å². The standard InChI is InChI=1S/C24H22N2OS2/c1-14(2)28-18-10-6-15(7-11-18)12-21(27)25-24-26-23-19-5-3-4-16-8-9-17(22(16)19)13-20(23)29-24/h3-7,10-11,13-14H,8-9,12H2,1-2H3,(H,25,26,27). The van der Waals surface area contributed by atoms with E-state index in [2.05, 4.69) is 55.6 Å². The van der Waals surface area contributed by atoms with Crippen LogP contribution in [0.25, 0.3) is 21.0 Å². The third kappa shape index (κ3) is 3.65. The number of thiazole rings is 1. The largest absolute Gasteiger partial charge is 0.302 e. The van der Waals surface area contributed by atoms with Crippen LogP contribution >= 0.6 is 23.1 Å². The SMILES string of the molecule is CC(C)Sc1ccc(CC(=O)Nc2nc3c(cc4c5c(cccc53)CC4)s2)cc1. The second-order valence-corrected chi connectivity index (χ2v) is 10.5. The number of hydrogen-bond donors (Lipinski definition) is 1. The average molecular weight is 419 g/mol. The third-order valence-corrected chi connectivity index (χ3v) is 7.19. The molecule has 1 N–H and O–H groups in total. The molecule has 146 valence electrons. The van der Waals surface area contributed by atoms with Gasteiger partial charge in [0.1, 0.15) is 0 Å². The van der Waals surface area contributed by atoms with Gasteiger partial charge in [0.15, 0.2) is 5.13 Å². The summed E-state index contributed by atoms with van der Waals surface area (Å²) < 4.78 is 1.15. The van der Waals surface area contributed by atoms with Crippen molar-refractivity contribution in [2.75, 3.05) is 5.32 Å². The first-order chi connectivity index (χ1) is 14.1. The summed E-state index contributed by atoms with van der Waals surface area (Å²) in [5.41, 5.74) is 4.84. The second kappa shape index (κ2) is 7.47. The molecule has 0 unspecified atom stereocenters. The maximum atomic E-state index is 12.6. The van der Waals surface area contributed by atoms with Crippen LogP contribution in [0.3, 0.4) is 0 Å². The van der Waals surface area contributed by atoms with Crippen molar-refractivity contribution in [3.05, 3.63) is 65.2 Å².